The van der Waals surface area contributed by atoms with E-state index >= 15 is 0 Å². The van der Waals surface area contributed by atoms with E-state index in [1.807, 2.05) is 0 Å². The van der Waals surface area contributed by atoms with E-state index in [-0.39, 0.29) is 35.0 Å². The Bertz CT molecular complexity index is 1150. The number of nitrogens with two attached hydrogens (primary N) is 1. The molecule has 2 unspecified atom stereocenters. The number of benzene rings is 1. The molecule has 10 nitrogen and oxygen atoms in total. The molecule has 1 aromatic carbocycles. The molecule has 1 aliphatic rings. The molecule has 0 spiro atoms. The van der Waals surface area contributed by atoms with Gasteiger partial charge in [-0.15, -0.1) is 0 Å². The van der Waals surface area contributed by atoms with Gasteiger partial charge in [-0.25, -0.2) is 4.39 Å². The van der Waals surface area contributed by atoms with Crippen LogP contribution < -0.4 is 21.9 Å². The third kappa shape index (κ3) is 5.49. The minimum atomic E-state index is -1.17. The van der Waals surface area contributed by atoms with E-state index < -0.39 is 47.5 Å². The summed E-state index contributed by atoms with van der Waals surface area (Å²) in [7, 11) is 0. The van der Waals surface area contributed by atoms with Crippen LogP contribution in [0.2, 0.25) is 5.02 Å². The SMILES string of the molecule is CCOC1OC(=O)C[C@@H]1NC(=O)C(C)n1cc(F)cc(NC(=O)c2ccc(N)c(Cl)c2)c1=O. The van der Waals surface area contributed by atoms with Gasteiger partial charge in [-0.2, -0.15) is 0 Å². The molecule has 0 radical (unpaired) electrons. The van der Waals surface area contributed by atoms with E-state index in [9.17, 15) is 23.6 Å². The van der Waals surface area contributed by atoms with Gasteiger partial charge in [0.15, 0.2) is 0 Å². The molecule has 3 rings (SSSR count). The highest BCUT2D eigenvalue weighted by Gasteiger charge is 2.37. The summed E-state index contributed by atoms with van der Waals surface area (Å²) in [6.07, 6.45) is -0.213. The normalized spacial score (nSPS) is 18.5. The zero-order valence-electron chi connectivity index (χ0n) is 17.8. The average molecular weight is 481 g/mol. The first kappa shape index (κ1) is 24.2. The Kier molecular flexibility index (Phi) is 7.34. The Morgan fingerprint density at radius 1 is 1.36 bits per heavy atom. The zero-order chi connectivity index (χ0) is 24.3. The molecule has 4 N–H and O–H groups in total. The molecule has 1 saturated heterocycles. The van der Waals surface area contributed by atoms with E-state index in [1.54, 1.807) is 6.92 Å². The molecule has 0 saturated carbocycles. The summed E-state index contributed by atoms with van der Waals surface area (Å²) in [5.74, 6) is -2.78. The number of pyridine rings is 1. The van der Waals surface area contributed by atoms with Gasteiger partial charge in [-0.05, 0) is 32.0 Å². The van der Waals surface area contributed by atoms with Gasteiger partial charge in [-0.3, -0.25) is 23.7 Å². The number of esters is 1. The molecule has 2 amide bonds. The summed E-state index contributed by atoms with van der Waals surface area (Å²) in [5.41, 5.74) is 4.80. The number of carbonyl (C=O) groups is 3. The molecule has 3 atom stereocenters. The Labute approximate surface area is 192 Å². The number of cyclic esters (lactones) is 1. The number of aromatic nitrogens is 1. The minimum Gasteiger partial charge on any atom is -0.433 e. The summed E-state index contributed by atoms with van der Waals surface area (Å²) >= 11 is 5.91. The maximum atomic E-state index is 14.3. The smallest absolute Gasteiger partial charge is 0.310 e. The van der Waals surface area contributed by atoms with E-state index in [0.29, 0.717) is 0 Å². The number of carbonyl (C=O) groups excluding carboxylic acids is 3. The van der Waals surface area contributed by atoms with Crippen molar-refractivity contribution in [1.29, 1.82) is 0 Å². The van der Waals surface area contributed by atoms with Crippen LogP contribution in [0, 0.1) is 5.82 Å². The number of rotatable bonds is 7. The lowest BCUT2D eigenvalue weighted by molar-refractivity contribution is -0.164. The molecule has 2 heterocycles. The number of nitrogens with zero attached hydrogens (tertiary/aromatic N) is 1. The lowest BCUT2D eigenvalue weighted by Crippen LogP contribution is -2.45. The maximum Gasteiger partial charge on any atom is 0.310 e. The summed E-state index contributed by atoms with van der Waals surface area (Å²) in [6, 6.07) is 3.03. The second-order valence-electron chi connectivity index (χ2n) is 7.28. The third-order valence-electron chi connectivity index (χ3n) is 4.94. The van der Waals surface area contributed by atoms with E-state index in [1.165, 1.54) is 25.1 Å². The Morgan fingerprint density at radius 3 is 2.76 bits per heavy atom. The Morgan fingerprint density at radius 2 is 2.09 bits per heavy atom. The van der Waals surface area contributed by atoms with Crippen LogP contribution in [0.5, 0.6) is 0 Å². The van der Waals surface area contributed by atoms with E-state index in [0.717, 1.165) is 16.8 Å². The number of nitrogen functional groups attached to an aromatic ring is 1. The van der Waals surface area contributed by atoms with Gasteiger partial charge >= 0.3 is 5.97 Å². The van der Waals surface area contributed by atoms with Gasteiger partial charge in [0.2, 0.25) is 12.2 Å². The predicted octanol–water partition coefficient (Wildman–Crippen LogP) is 1.83. The number of nitrogens with one attached hydrogen (secondary N) is 2. The van der Waals surface area contributed by atoms with Crippen molar-refractivity contribution in [2.45, 2.75) is 38.6 Å². The molecule has 1 fully saturated rings. The van der Waals surface area contributed by atoms with Crippen molar-refractivity contribution < 1.29 is 28.2 Å². The Hall–Kier alpha value is -3.44. The number of hydrogen-bond donors (Lipinski definition) is 3. The van der Waals surface area contributed by atoms with Crippen LogP contribution in [0.3, 0.4) is 0 Å². The molecule has 1 aromatic heterocycles. The van der Waals surface area contributed by atoms with Gasteiger partial charge in [0.25, 0.3) is 11.5 Å². The predicted molar refractivity (Wildman–Crippen MR) is 117 cm³/mol. The van der Waals surface area contributed by atoms with E-state index in [4.69, 9.17) is 26.8 Å². The molecular formula is C21H22ClFN4O6. The second-order valence-corrected chi connectivity index (χ2v) is 7.69. The van der Waals surface area contributed by atoms with E-state index in [2.05, 4.69) is 10.6 Å². The van der Waals surface area contributed by atoms with Crippen LogP contribution in [0.15, 0.2) is 35.3 Å². The summed E-state index contributed by atoms with van der Waals surface area (Å²) in [4.78, 5) is 49.6. The number of halogens is 2. The number of ether oxygens (including phenoxy) is 2. The van der Waals surface area contributed by atoms with Crippen LogP contribution in [0.1, 0.15) is 36.7 Å². The fourth-order valence-electron chi connectivity index (χ4n) is 3.21. The Balaban J connectivity index is 1.80. The number of anilines is 2. The first-order valence-electron chi connectivity index (χ1n) is 10.00. The average Bonchev–Trinajstić information content (AvgIpc) is 3.10. The van der Waals surface area contributed by atoms with Gasteiger partial charge in [0, 0.05) is 24.4 Å². The van der Waals surface area contributed by atoms with Crippen molar-refractivity contribution in [2.75, 3.05) is 17.7 Å². The quantitative estimate of drug-likeness (QED) is 0.405. The van der Waals surface area contributed by atoms with Crippen molar-refractivity contribution >= 4 is 40.8 Å². The van der Waals surface area contributed by atoms with Crippen LogP contribution in [-0.4, -0.2) is 41.3 Å². The molecule has 33 heavy (non-hydrogen) atoms. The molecule has 12 heteroatoms. The van der Waals surface area contributed by atoms with Crippen LogP contribution >= 0.6 is 11.6 Å². The summed E-state index contributed by atoms with van der Waals surface area (Å²) < 4.78 is 25.4. The molecular weight excluding hydrogens is 459 g/mol. The van der Waals surface area contributed by atoms with Crippen LogP contribution in [-0.2, 0) is 19.1 Å². The highest BCUT2D eigenvalue weighted by Crippen LogP contribution is 2.21. The van der Waals surface area contributed by atoms with Crippen molar-refractivity contribution in [3.63, 3.8) is 0 Å². The van der Waals surface area contributed by atoms with Crippen molar-refractivity contribution in [2.24, 2.45) is 0 Å². The fraction of sp³-hybridized carbons (Fsp3) is 0.333. The topological polar surface area (TPSA) is 142 Å². The van der Waals surface area contributed by atoms with Gasteiger partial charge in [0.05, 0.1) is 17.1 Å². The molecule has 0 aliphatic carbocycles. The first-order chi connectivity index (χ1) is 15.6. The molecule has 2 aromatic rings. The van der Waals surface area contributed by atoms with Gasteiger partial charge in [0.1, 0.15) is 23.6 Å². The second kappa shape index (κ2) is 10.0. The van der Waals surface area contributed by atoms with Crippen molar-refractivity contribution in [3.05, 3.63) is 57.2 Å². The lowest BCUT2D eigenvalue weighted by Gasteiger charge is -2.22. The zero-order valence-corrected chi connectivity index (χ0v) is 18.5. The monoisotopic (exact) mass is 480 g/mol. The van der Waals surface area contributed by atoms with Gasteiger partial charge in [-0.1, -0.05) is 11.6 Å². The summed E-state index contributed by atoms with van der Waals surface area (Å²) in [5, 5.41) is 5.05. The van der Waals surface area contributed by atoms with Crippen molar-refractivity contribution in [3.8, 4) is 0 Å². The molecule has 1 aliphatic heterocycles. The number of amides is 2. The summed E-state index contributed by atoms with van der Waals surface area (Å²) in [6.45, 7) is 3.33. The minimum absolute atomic E-state index is 0.100. The molecule has 0 bridgehead atoms. The lowest BCUT2D eigenvalue weighted by atomic mass is 10.2. The van der Waals surface area contributed by atoms with Crippen molar-refractivity contribution in [1.82, 2.24) is 9.88 Å². The van der Waals surface area contributed by atoms with Crippen LogP contribution in [0.25, 0.3) is 0 Å². The maximum absolute atomic E-state index is 14.3. The first-order valence-corrected chi connectivity index (χ1v) is 10.4. The standard InChI is InChI=1S/C21H22ClFN4O6/c1-3-32-21-16(8-17(28)33-21)26-18(29)10(2)27-9-12(23)7-15(20(27)31)25-19(30)11-4-5-14(24)13(22)6-11/h4-7,9-10,16,21H,3,8,24H2,1-2H3,(H,25,30)(H,26,29)/t10?,16-,21?/m0/s1. The van der Waals surface area contributed by atoms with Gasteiger partial charge < -0.3 is 25.8 Å². The fourth-order valence-corrected chi connectivity index (χ4v) is 3.39. The van der Waals surface area contributed by atoms with Crippen LogP contribution in [0.4, 0.5) is 15.8 Å². The molecule has 176 valence electrons. The highest BCUT2D eigenvalue weighted by molar-refractivity contribution is 6.33. The number of hydrogen-bond acceptors (Lipinski definition) is 7. The third-order valence-corrected chi connectivity index (χ3v) is 5.27. The highest BCUT2D eigenvalue weighted by atomic mass is 35.5. The largest absolute Gasteiger partial charge is 0.433 e.